The largest absolute Gasteiger partial charge is 0.452 e. The van der Waals surface area contributed by atoms with Crippen LogP contribution in [-0.2, 0) is 16.1 Å². The van der Waals surface area contributed by atoms with E-state index < -0.39 is 5.97 Å². The fourth-order valence-corrected chi connectivity index (χ4v) is 2.22. The minimum absolute atomic E-state index is 0.119. The molecular formula is C16H10BrClN2O4. The summed E-state index contributed by atoms with van der Waals surface area (Å²) in [4.78, 5) is 11.6. The van der Waals surface area contributed by atoms with Crippen molar-refractivity contribution in [3.05, 3.63) is 63.8 Å². The Hall–Kier alpha value is -2.38. The van der Waals surface area contributed by atoms with E-state index in [1.54, 1.807) is 36.4 Å². The van der Waals surface area contributed by atoms with Gasteiger partial charge in [0.05, 0.1) is 0 Å². The first-order valence-corrected chi connectivity index (χ1v) is 7.96. The summed E-state index contributed by atoms with van der Waals surface area (Å²) in [6, 6.07) is 10.4. The number of hydrogen-bond acceptors (Lipinski definition) is 6. The van der Waals surface area contributed by atoms with Crippen LogP contribution in [0.4, 0.5) is 0 Å². The van der Waals surface area contributed by atoms with Crippen molar-refractivity contribution >= 4 is 39.6 Å². The number of benzene rings is 1. The maximum atomic E-state index is 11.6. The van der Waals surface area contributed by atoms with E-state index in [9.17, 15) is 4.79 Å². The standard InChI is InChI=1S/C16H10BrClN2O4/c17-13-7-5-12(23-13)6-8-15(21)22-9-14-19-20-16(24-14)10-1-3-11(18)4-2-10/h1-8H,9H2/b8-6+. The smallest absolute Gasteiger partial charge is 0.331 e. The number of esters is 1. The predicted molar refractivity (Wildman–Crippen MR) is 90.0 cm³/mol. The van der Waals surface area contributed by atoms with Crippen LogP contribution in [0.25, 0.3) is 17.5 Å². The van der Waals surface area contributed by atoms with Gasteiger partial charge in [-0.2, -0.15) is 0 Å². The zero-order chi connectivity index (χ0) is 16.9. The van der Waals surface area contributed by atoms with Crippen molar-refractivity contribution in [3.63, 3.8) is 0 Å². The number of furan rings is 1. The van der Waals surface area contributed by atoms with Crippen molar-refractivity contribution in [2.45, 2.75) is 6.61 Å². The summed E-state index contributed by atoms with van der Waals surface area (Å²) in [5.74, 6) is 0.506. The number of nitrogens with zero attached hydrogens (tertiary/aromatic N) is 2. The van der Waals surface area contributed by atoms with E-state index in [0.29, 0.717) is 21.3 Å². The Morgan fingerprint density at radius 3 is 2.67 bits per heavy atom. The summed E-state index contributed by atoms with van der Waals surface area (Å²) in [6.07, 6.45) is 2.75. The molecule has 0 aliphatic rings. The number of hydrogen-bond donors (Lipinski definition) is 0. The van der Waals surface area contributed by atoms with Crippen molar-refractivity contribution < 1.29 is 18.4 Å². The highest BCUT2D eigenvalue weighted by Crippen LogP contribution is 2.20. The minimum atomic E-state index is -0.547. The van der Waals surface area contributed by atoms with Crippen LogP contribution >= 0.6 is 27.5 Å². The van der Waals surface area contributed by atoms with Crippen LogP contribution in [-0.4, -0.2) is 16.2 Å². The molecule has 24 heavy (non-hydrogen) atoms. The first-order chi connectivity index (χ1) is 11.6. The Morgan fingerprint density at radius 1 is 1.17 bits per heavy atom. The molecule has 0 unspecified atom stereocenters. The molecule has 8 heteroatoms. The van der Waals surface area contributed by atoms with Crippen LogP contribution in [0.5, 0.6) is 0 Å². The molecule has 0 bridgehead atoms. The normalized spacial score (nSPS) is 11.1. The van der Waals surface area contributed by atoms with E-state index in [4.69, 9.17) is 25.2 Å². The molecule has 0 fully saturated rings. The molecule has 2 heterocycles. The second-order valence-corrected chi connectivity index (χ2v) is 5.81. The zero-order valence-corrected chi connectivity index (χ0v) is 14.5. The van der Waals surface area contributed by atoms with Gasteiger partial charge in [-0.05, 0) is 58.4 Å². The topological polar surface area (TPSA) is 78.4 Å². The molecule has 0 spiro atoms. The van der Waals surface area contributed by atoms with Gasteiger partial charge in [-0.1, -0.05) is 11.6 Å². The Kier molecular flexibility index (Phi) is 5.12. The third-order valence-electron chi connectivity index (χ3n) is 2.87. The zero-order valence-electron chi connectivity index (χ0n) is 12.1. The number of ether oxygens (including phenoxy) is 1. The van der Waals surface area contributed by atoms with E-state index in [1.807, 2.05) is 0 Å². The molecule has 2 aromatic heterocycles. The molecule has 1 aromatic carbocycles. The number of halogens is 2. The highest BCUT2D eigenvalue weighted by Gasteiger charge is 2.10. The SMILES string of the molecule is O=C(/C=C/c1ccc(Br)o1)OCc1nnc(-c2ccc(Cl)cc2)o1. The van der Waals surface area contributed by atoms with Crippen LogP contribution in [0.1, 0.15) is 11.7 Å². The van der Waals surface area contributed by atoms with Crippen molar-refractivity contribution in [1.29, 1.82) is 0 Å². The van der Waals surface area contributed by atoms with Gasteiger partial charge in [0.25, 0.3) is 5.89 Å². The molecule has 122 valence electrons. The number of aromatic nitrogens is 2. The predicted octanol–water partition coefficient (Wildman–Crippen LogP) is 4.50. The van der Waals surface area contributed by atoms with Crippen molar-refractivity contribution in [3.8, 4) is 11.5 Å². The Balaban J connectivity index is 1.56. The Bertz CT molecular complexity index is 870. The lowest BCUT2D eigenvalue weighted by atomic mass is 10.2. The van der Waals surface area contributed by atoms with Crippen LogP contribution in [0.3, 0.4) is 0 Å². The average molecular weight is 410 g/mol. The summed E-state index contributed by atoms with van der Waals surface area (Å²) in [7, 11) is 0. The molecule has 0 N–H and O–H groups in total. The number of carbonyl (C=O) groups is 1. The lowest BCUT2D eigenvalue weighted by molar-refractivity contribution is -0.139. The third-order valence-corrected chi connectivity index (χ3v) is 3.55. The van der Waals surface area contributed by atoms with Gasteiger partial charge in [-0.15, -0.1) is 10.2 Å². The maximum absolute atomic E-state index is 11.6. The molecule has 0 saturated carbocycles. The van der Waals surface area contributed by atoms with Gasteiger partial charge >= 0.3 is 5.97 Å². The van der Waals surface area contributed by atoms with Gasteiger partial charge in [0.1, 0.15) is 5.76 Å². The molecule has 0 saturated heterocycles. The molecule has 0 aliphatic heterocycles. The first-order valence-electron chi connectivity index (χ1n) is 6.78. The van der Waals surface area contributed by atoms with Gasteiger partial charge in [-0.25, -0.2) is 4.79 Å². The Labute approximate surface area is 150 Å². The lowest BCUT2D eigenvalue weighted by Gasteiger charge is -1.97. The van der Waals surface area contributed by atoms with Gasteiger partial charge < -0.3 is 13.6 Å². The van der Waals surface area contributed by atoms with Crippen molar-refractivity contribution in [2.24, 2.45) is 0 Å². The summed E-state index contributed by atoms with van der Waals surface area (Å²) < 4.78 is 16.3. The molecule has 0 radical (unpaired) electrons. The molecule has 0 amide bonds. The van der Waals surface area contributed by atoms with E-state index in [0.717, 1.165) is 5.56 Å². The first kappa shape index (κ1) is 16.5. The number of carbonyl (C=O) groups excluding carboxylic acids is 1. The van der Waals surface area contributed by atoms with E-state index >= 15 is 0 Å². The summed E-state index contributed by atoms with van der Waals surface area (Å²) in [5.41, 5.74) is 0.729. The molecule has 3 aromatic rings. The fourth-order valence-electron chi connectivity index (χ4n) is 1.77. The van der Waals surface area contributed by atoms with Gasteiger partial charge in [0.15, 0.2) is 11.3 Å². The quantitative estimate of drug-likeness (QED) is 0.456. The van der Waals surface area contributed by atoms with Crippen LogP contribution in [0.15, 0.2) is 56.0 Å². The average Bonchev–Trinajstić information content (AvgIpc) is 3.21. The maximum Gasteiger partial charge on any atom is 0.331 e. The van der Waals surface area contributed by atoms with Crippen molar-refractivity contribution in [1.82, 2.24) is 10.2 Å². The Morgan fingerprint density at radius 2 is 1.96 bits per heavy atom. The highest BCUT2D eigenvalue weighted by atomic mass is 79.9. The van der Waals surface area contributed by atoms with Gasteiger partial charge in [-0.3, -0.25) is 0 Å². The van der Waals surface area contributed by atoms with Crippen molar-refractivity contribution in [2.75, 3.05) is 0 Å². The fraction of sp³-hybridized carbons (Fsp3) is 0.0625. The molecule has 6 nitrogen and oxygen atoms in total. The van der Waals surface area contributed by atoms with Crippen LogP contribution in [0.2, 0.25) is 5.02 Å². The molecular weight excluding hydrogens is 400 g/mol. The third kappa shape index (κ3) is 4.33. The molecule has 3 rings (SSSR count). The second kappa shape index (κ2) is 7.46. The van der Waals surface area contributed by atoms with Gasteiger partial charge in [0.2, 0.25) is 5.89 Å². The summed E-state index contributed by atoms with van der Waals surface area (Å²) >= 11 is 9.00. The van der Waals surface area contributed by atoms with Gasteiger partial charge in [0, 0.05) is 16.7 Å². The monoisotopic (exact) mass is 408 g/mol. The van der Waals surface area contributed by atoms with E-state index in [2.05, 4.69) is 26.1 Å². The van der Waals surface area contributed by atoms with Crippen LogP contribution < -0.4 is 0 Å². The molecule has 0 atom stereocenters. The summed E-state index contributed by atoms with van der Waals surface area (Å²) in [5, 5.41) is 8.35. The second-order valence-electron chi connectivity index (χ2n) is 4.59. The number of rotatable bonds is 5. The highest BCUT2D eigenvalue weighted by molar-refractivity contribution is 9.10. The minimum Gasteiger partial charge on any atom is -0.452 e. The summed E-state index contributed by atoms with van der Waals surface area (Å²) in [6.45, 7) is -0.119. The lowest BCUT2D eigenvalue weighted by Crippen LogP contribution is -2.00. The molecule has 0 aliphatic carbocycles. The van der Waals surface area contributed by atoms with Crippen LogP contribution in [0, 0.1) is 0 Å². The van der Waals surface area contributed by atoms with E-state index in [1.165, 1.54) is 12.2 Å². The van der Waals surface area contributed by atoms with E-state index in [-0.39, 0.29) is 12.5 Å².